The number of non-ortho nitro benzene ring substituents is 1. The second-order valence-electron chi connectivity index (χ2n) is 13.9. The number of rotatable bonds is 2. The molecule has 0 bridgehead atoms. The van der Waals surface area contributed by atoms with Crippen molar-refractivity contribution in [2.75, 3.05) is 23.9 Å². The number of likely N-dealkylation sites (N-methyl/N-ethyl adjacent to an activating group) is 2. The summed E-state index contributed by atoms with van der Waals surface area (Å²) < 4.78 is 12.9. The Hall–Kier alpha value is -5.06. The predicted molar refractivity (Wildman–Crippen MR) is 197 cm³/mol. The quantitative estimate of drug-likeness (QED) is 0.149. The minimum atomic E-state index is -0.719. The van der Waals surface area contributed by atoms with Crippen LogP contribution in [0.2, 0.25) is 10.0 Å². The number of halogens is 2. The smallest absolute Gasteiger partial charge is 0.288 e. The highest BCUT2D eigenvalue weighted by molar-refractivity contribution is 6.34. The number of hydrogen-bond acceptors (Lipinski definition) is 8. The zero-order valence-corrected chi connectivity index (χ0v) is 29.7. The van der Waals surface area contributed by atoms with Crippen molar-refractivity contribution in [3.8, 4) is 11.5 Å². The molecular formula is C38H34Cl2N4O6. The largest absolute Gasteiger partial charge is 0.463 e. The summed E-state index contributed by atoms with van der Waals surface area (Å²) in [6.07, 6.45) is 7.66. The van der Waals surface area contributed by atoms with E-state index in [2.05, 4.69) is 49.6 Å². The fourth-order valence-corrected chi connectivity index (χ4v) is 8.29. The molecule has 4 aromatic carbocycles. The standard InChI is InChI=1S/2C19H17ClN2O3/c1-18(2)15-11-13(20)4-6-16(15)21(3)19(18)9-8-12-10-14(22(23)24)5-7-17(12)25-19;1-18(2)13-6-4-5-7-14(13)21(3)19(18)11-10-12-16(25-19)9-8-15(17(12)20)22(23)24/h2*4-11H,1-3H3. The highest BCUT2D eigenvalue weighted by atomic mass is 35.5. The number of benzene rings is 4. The van der Waals surface area contributed by atoms with E-state index in [1.54, 1.807) is 12.1 Å². The van der Waals surface area contributed by atoms with Crippen molar-refractivity contribution in [3.05, 3.63) is 137 Å². The van der Waals surface area contributed by atoms with Crippen molar-refractivity contribution in [2.24, 2.45) is 0 Å². The van der Waals surface area contributed by atoms with Crippen LogP contribution in [-0.4, -0.2) is 35.4 Å². The summed E-state index contributed by atoms with van der Waals surface area (Å²) in [5.74, 6) is 1.18. The lowest BCUT2D eigenvalue weighted by molar-refractivity contribution is -0.385. The molecule has 0 saturated heterocycles. The minimum Gasteiger partial charge on any atom is -0.463 e. The van der Waals surface area contributed by atoms with Gasteiger partial charge in [0, 0.05) is 59.8 Å². The zero-order valence-electron chi connectivity index (χ0n) is 28.2. The van der Waals surface area contributed by atoms with Gasteiger partial charge in [-0.1, -0.05) is 41.4 Å². The Bertz CT molecular complexity index is 2180. The van der Waals surface area contributed by atoms with Gasteiger partial charge in [0.25, 0.3) is 11.4 Å². The first-order valence-electron chi connectivity index (χ1n) is 15.9. The van der Waals surface area contributed by atoms with Gasteiger partial charge in [-0.3, -0.25) is 20.2 Å². The van der Waals surface area contributed by atoms with Crippen LogP contribution >= 0.6 is 23.2 Å². The lowest BCUT2D eigenvalue weighted by Crippen LogP contribution is -2.58. The highest BCUT2D eigenvalue weighted by Gasteiger charge is 2.59. The summed E-state index contributed by atoms with van der Waals surface area (Å²) >= 11 is 12.4. The summed E-state index contributed by atoms with van der Waals surface area (Å²) in [5, 5.41) is 22.9. The Kier molecular flexibility index (Phi) is 7.51. The van der Waals surface area contributed by atoms with E-state index < -0.39 is 21.3 Å². The molecule has 8 rings (SSSR count). The Morgan fingerprint density at radius 1 is 0.680 bits per heavy atom. The van der Waals surface area contributed by atoms with Crippen LogP contribution in [0.3, 0.4) is 0 Å². The van der Waals surface area contributed by atoms with Crippen LogP contribution in [0, 0.1) is 20.2 Å². The molecule has 4 aromatic rings. The third-order valence-corrected chi connectivity index (χ3v) is 11.4. The predicted octanol–water partition coefficient (Wildman–Crippen LogP) is 9.56. The monoisotopic (exact) mass is 712 g/mol. The molecule has 50 heavy (non-hydrogen) atoms. The van der Waals surface area contributed by atoms with Gasteiger partial charge in [-0.2, -0.15) is 0 Å². The van der Waals surface area contributed by atoms with E-state index in [1.165, 1.54) is 23.8 Å². The molecule has 0 N–H and O–H groups in total. The second kappa shape index (κ2) is 11.2. The maximum Gasteiger partial charge on any atom is 0.288 e. The molecule has 0 fully saturated rings. The van der Waals surface area contributed by atoms with Crippen molar-refractivity contribution in [1.29, 1.82) is 0 Å². The van der Waals surface area contributed by atoms with E-state index in [-0.39, 0.29) is 27.2 Å². The van der Waals surface area contributed by atoms with Crippen molar-refractivity contribution in [1.82, 2.24) is 0 Å². The van der Waals surface area contributed by atoms with Crippen LogP contribution in [0.1, 0.15) is 49.9 Å². The molecule has 0 amide bonds. The maximum absolute atomic E-state index is 11.1. The van der Waals surface area contributed by atoms with Gasteiger partial charge in [-0.05, 0) is 99.5 Å². The summed E-state index contributed by atoms with van der Waals surface area (Å²) in [6.45, 7) is 8.51. The first kappa shape index (κ1) is 33.4. The number of nitrogens with zero attached hydrogens (tertiary/aromatic N) is 4. The first-order chi connectivity index (χ1) is 23.6. The molecule has 12 heteroatoms. The number of fused-ring (bicyclic) bond motifs is 4. The van der Waals surface area contributed by atoms with Gasteiger partial charge in [0.2, 0.25) is 11.4 Å². The molecule has 4 heterocycles. The van der Waals surface area contributed by atoms with E-state index in [0.717, 1.165) is 16.9 Å². The average Bonchev–Trinajstić information content (AvgIpc) is 3.34. The van der Waals surface area contributed by atoms with Gasteiger partial charge in [0.05, 0.1) is 20.7 Å². The van der Waals surface area contributed by atoms with Crippen molar-refractivity contribution in [2.45, 2.75) is 50.0 Å². The fraction of sp³-hybridized carbons (Fsp3) is 0.263. The lowest BCUT2D eigenvalue weighted by Gasteiger charge is -2.45. The summed E-state index contributed by atoms with van der Waals surface area (Å²) in [7, 11) is 3.98. The molecule has 4 aliphatic rings. The van der Waals surface area contributed by atoms with Gasteiger partial charge < -0.3 is 19.3 Å². The van der Waals surface area contributed by atoms with Crippen molar-refractivity contribution < 1.29 is 19.3 Å². The van der Waals surface area contributed by atoms with Gasteiger partial charge >= 0.3 is 0 Å². The van der Waals surface area contributed by atoms with E-state index in [9.17, 15) is 20.2 Å². The SMILES string of the molecule is CN1c2ccc(Cl)cc2C(C)(C)C12C=Cc1cc([N+](=O)[O-])ccc1O2.CN1c2ccccc2C(C)(C)C12C=Cc1c(ccc([N+](=O)[O-])c1Cl)O2. The maximum atomic E-state index is 11.1. The third-order valence-electron chi connectivity index (χ3n) is 10.7. The Labute approximate surface area is 299 Å². The molecule has 256 valence electrons. The van der Waals surface area contributed by atoms with Crippen LogP contribution in [0.5, 0.6) is 11.5 Å². The molecule has 2 unspecified atom stereocenters. The second-order valence-corrected chi connectivity index (χ2v) is 14.7. The van der Waals surface area contributed by atoms with Crippen molar-refractivity contribution >= 4 is 58.1 Å². The Morgan fingerprint density at radius 3 is 1.94 bits per heavy atom. The number of nitro groups is 2. The molecule has 10 nitrogen and oxygen atoms in total. The zero-order chi connectivity index (χ0) is 36.0. The molecule has 2 atom stereocenters. The molecular weight excluding hydrogens is 679 g/mol. The molecule has 0 aromatic heterocycles. The van der Waals surface area contributed by atoms with Gasteiger partial charge in [-0.15, -0.1) is 0 Å². The first-order valence-corrected chi connectivity index (χ1v) is 16.7. The van der Waals surface area contributed by atoms with Gasteiger partial charge in [-0.25, -0.2) is 0 Å². The highest BCUT2D eigenvalue weighted by Crippen LogP contribution is 2.56. The average molecular weight is 714 g/mol. The number of ether oxygens (including phenoxy) is 2. The topological polar surface area (TPSA) is 111 Å². The van der Waals surface area contributed by atoms with Gasteiger partial charge in [0.1, 0.15) is 16.5 Å². The third kappa shape index (κ3) is 4.54. The van der Waals surface area contributed by atoms with Crippen molar-refractivity contribution in [3.63, 3.8) is 0 Å². The van der Waals surface area contributed by atoms with Crippen LogP contribution in [0.25, 0.3) is 12.2 Å². The molecule has 0 aliphatic carbocycles. The minimum absolute atomic E-state index is 0.0528. The number of hydrogen-bond donors (Lipinski definition) is 0. The number of nitro benzene ring substituents is 2. The van der Waals surface area contributed by atoms with Crippen LogP contribution < -0.4 is 19.3 Å². The van der Waals surface area contributed by atoms with Crippen LogP contribution in [0.4, 0.5) is 22.7 Å². The van der Waals surface area contributed by atoms with E-state index in [0.29, 0.717) is 27.6 Å². The summed E-state index contributed by atoms with van der Waals surface area (Å²) in [6, 6.07) is 21.7. The number of anilines is 2. The van der Waals surface area contributed by atoms with Gasteiger partial charge in [0.15, 0.2) is 0 Å². The Morgan fingerprint density at radius 2 is 1.28 bits per heavy atom. The van der Waals surface area contributed by atoms with E-state index in [4.69, 9.17) is 32.7 Å². The van der Waals surface area contributed by atoms with E-state index >= 15 is 0 Å². The summed E-state index contributed by atoms with van der Waals surface area (Å²) in [4.78, 5) is 25.4. The Balaban J connectivity index is 0.000000157. The van der Waals surface area contributed by atoms with E-state index in [1.807, 2.05) is 68.7 Å². The molecule has 0 saturated carbocycles. The number of para-hydroxylation sites is 1. The molecule has 2 spiro atoms. The molecule has 0 radical (unpaired) electrons. The lowest BCUT2D eigenvalue weighted by atomic mass is 9.76. The van der Waals surface area contributed by atoms with Crippen LogP contribution in [0.15, 0.2) is 84.9 Å². The van der Waals surface area contributed by atoms with Crippen LogP contribution in [-0.2, 0) is 10.8 Å². The normalized spacial score (nSPS) is 22.5. The fourth-order valence-electron chi connectivity index (χ4n) is 7.83. The summed E-state index contributed by atoms with van der Waals surface area (Å²) in [5.41, 5.74) is 3.53. The molecule has 4 aliphatic heterocycles.